The van der Waals surface area contributed by atoms with Crippen molar-refractivity contribution in [3.8, 4) is 0 Å². The predicted molar refractivity (Wildman–Crippen MR) is 35.6 cm³/mol. The van der Waals surface area contributed by atoms with E-state index in [9.17, 15) is 9.90 Å². The zero-order chi connectivity index (χ0) is 7.56. The third-order valence-corrected chi connectivity index (χ3v) is 1.82. The first-order chi connectivity index (χ1) is 4.70. The molecule has 0 aliphatic heterocycles. The van der Waals surface area contributed by atoms with Crippen LogP contribution in [0.2, 0.25) is 0 Å². The minimum absolute atomic E-state index is 0.0949. The number of aliphatic hydroxyl groups is 1. The summed E-state index contributed by atoms with van der Waals surface area (Å²) >= 11 is 0. The fraction of sp³-hybridized carbons (Fsp3) is 0.857. The van der Waals surface area contributed by atoms with Gasteiger partial charge in [-0.3, -0.25) is 4.79 Å². The lowest BCUT2D eigenvalue weighted by Crippen LogP contribution is -2.11. The smallest absolute Gasteiger partial charge is 0.303 e. The van der Waals surface area contributed by atoms with E-state index in [1.54, 1.807) is 0 Å². The van der Waals surface area contributed by atoms with Gasteiger partial charge in [-0.05, 0) is 25.2 Å². The number of hydrogen-bond donors (Lipinski definition) is 2. The van der Waals surface area contributed by atoms with Crippen LogP contribution in [0, 0.1) is 5.92 Å². The van der Waals surface area contributed by atoms with Gasteiger partial charge in [0.25, 0.3) is 0 Å². The minimum Gasteiger partial charge on any atom is -0.481 e. The van der Waals surface area contributed by atoms with Crippen LogP contribution < -0.4 is 0 Å². The SMILES string of the molecule is O=C(O)CCC(O)C1CC1. The molecule has 0 spiro atoms. The molecule has 1 unspecified atom stereocenters. The largest absolute Gasteiger partial charge is 0.481 e. The molecule has 3 nitrogen and oxygen atoms in total. The van der Waals surface area contributed by atoms with Crippen LogP contribution in [0.3, 0.4) is 0 Å². The zero-order valence-corrected chi connectivity index (χ0v) is 5.79. The topological polar surface area (TPSA) is 57.5 Å². The summed E-state index contributed by atoms with van der Waals surface area (Å²) in [7, 11) is 0. The first kappa shape index (κ1) is 7.54. The van der Waals surface area contributed by atoms with E-state index in [4.69, 9.17) is 5.11 Å². The zero-order valence-electron chi connectivity index (χ0n) is 5.79. The second-order valence-electron chi connectivity index (χ2n) is 2.84. The van der Waals surface area contributed by atoms with Crippen molar-refractivity contribution < 1.29 is 15.0 Å². The van der Waals surface area contributed by atoms with E-state index in [0.717, 1.165) is 12.8 Å². The van der Waals surface area contributed by atoms with Crippen LogP contribution in [-0.2, 0) is 4.79 Å². The van der Waals surface area contributed by atoms with Crippen molar-refractivity contribution in [3.63, 3.8) is 0 Å². The number of rotatable bonds is 4. The summed E-state index contributed by atoms with van der Waals surface area (Å²) in [5.74, 6) is -0.418. The van der Waals surface area contributed by atoms with E-state index >= 15 is 0 Å². The number of carboxylic acid groups (broad SMARTS) is 1. The van der Waals surface area contributed by atoms with Gasteiger partial charge in [-0.15, -0.1) is 0 Å². The fourth-order valence-corrected chi connectivity index (χ4v) is 0.988. The summed E-state index contributed by atoms with van der Waals surface area (Å²) < 4.78 is 0. The van der Waals surface area contributed by atoms with Crippen LogP contribution in [0.15, 0.2) is 0 Å². The Balaban J connectivity index is 2.05. The molecule has 0 aromatic carbocycles. The lowest BCUT2D eigenvalue weighted by molar-refractivity contribution is -0.137. The molecule has 1 aliphatic rings. The van der Waals surface area contributed by atoms with E-state index in [1.807, 2.05) is 0 Å². The molecule has 0 heterocycles. The first-order valence-electron chi connectivity index (χ1n) is 3.60. The van der Waals surface area contributed by atoms with E-state index in [2.05, 4.69) is 0 Å². The van der Waals surface area contributed by atoms with Gasteiger partial charge in [-0.1, -0.05) is 0 Å². The molecule has 1 atom stereocenters. The van der Waals surface area contributed by atoms with E-state index < -0.39 is 5.97 Å². The van der Waals surface area contributed by atoms with Gasteiger partial charge in [0.1, 0.15) is 0 Å². The van der Waals surface area contributed by atoms with Crippen LogP contribution in [0.4, 0.5) is 0 Å². The Labute approximate surface area is 59.7 Å². The Morgan fingerprint density at radius 3 is 2.60 bits per heavy atom. The van der Waals surface area contributed by atoms with Crippen LogP contribution in [0.5, 0.6) is 0 Å². The van der Waals surface area contributed by atoms with E-state index in [-0.39, 0.29) is 12.5 Å². The normalized spacial score (nSPS) is 20.5. The molecule has 0 radical (unpaired) electrons. The molecule has 2 N–H and O–H groups in total. The van der Waals surface area contributed by atoms with Crippen LogP contribution in [-0.4, -0.2) is 22.3 Å². The van der Waals surface area contributed by atoms with Crippen molar-refractivity contribution in [2.24, 2.45) is 5.92 Å². The second kappa shape index (κ2) is 3.01. The average Bonchev–Trinajstić information content (AvgIpc) is 2.63. The maximum atomic E-state index is 10.0. The van der Waals surface area contributed by atoms with E-state index in [0.29, 0.717) is 12.3 Å². The van der Waals surface area contributed by atoms with Crippen LogP contribution >= 0.6 is 0 Å². The van der Waals surface area contributed by atoms with Gasteiger partial charge in [0.2, 0.25) is 0 Å². The van der Waals surface area contributed by atoms with Crippen molar-refractivity contribution in [3.05, 3.63) is 0 Å². The van der Waals surface area contributed by atoms with Crippen molar-refractivity contribution in [1.82, 2.24) is 0 Å². The number of carbonyl (C=O) groups is 1. The van der Waals surface area contributed by atoms with E-state index in [1.165, 1.54) is 0 Å². The molecule has 1 aliphatic carbocycles. The highest BCUT2D eigenvalue weighted by Crippen LogP contribution is 2.34. The molecule has 0 bridgehead atoms. The molecule has 0 amide bonds. The number of aliphatic carboxylic acids is 1. The molecular weight excluding hydrogens is 132 g/mol. The van der Waals surface area contributed by atoms with Crippen LogP contribution in [0.1, 0.15) is 25.7 Å². The third kappa shape index (κ3) is 2.35. The van der Waals surface area contributed by atoms with Gasteiger partial charge >= 0.3 is 5.97 Å². The average molecular weight is 144 g/mol. The van der Waals surface area contributed by atoms with Gasteiger partial charge in [0.15, 0.2) is 0 Å². The Hall–Kier alpha value is -0.570. The summed E-state index contributed by atoms with van der Waals surface area (Å²) in [6.45, 7) is 0. The molecule has 0 aromatic heterocycles. The highest BCUT2D eigenvalue weighted by Gasteiger charge is 2.29. The Morgan fingerprint density at radius 1 is 1.60 bits per heavy atom. The summed E-state index contributed by atoms with van der Waals surface area (Å²) in [5, 5.41) is 17.4. The molecule has 58 valence electrons. The summed E-state index contributed by atoms with van der Waals surface area (Å²) in [6, 6.07) is 0. The molecule has 0 saturated heterocycles. The lowest BCUT2D eigenvalue weighted by atomic mass is 10.1. The number of hydrogen-bond acceptors (Lipinski definition) is 2. The highest BCUT2D eigenvalue weighted by molar-refractivity contribution is 5.66. The lowest BCUT2D eigenvalue weighted by Gasteiger charge is -2.04. The van der Waals surface area contributed by atoms with Crippen molar-refractivity contribution in [2.45, 2.75) is 31.8 Å². The molecule has 1 saturated carbocycles. The number of carboxylic acids is 1. The first-order valence-corrected chi connectivity index (χ1v) is 3.60. The molecule has 10 heavy (non-hydrogen) atoms. The maximum absolute atomic E-state index is 10.0. The molecule has 1 fully saturated rings. The Bertz CT molecular complexity index is 129. The third-order valence-electron chi connectivity index (χ3n) is 1.82. The molecule has 0 aromatic rings. The Morgan fingerprint density at radius 2 is 2.20 bits per heavy atom. The Kier molecular flexibility index (Phi) is 2.27. The maximum Gasteiger partial charge on any atom is 0.303 e. The van der Waals surface area contributed by atoms with Crippen molar-refractivity contribution in [1.29, 1.82) is 0 Å². The van der Waals surface area contributed by atoms with Gasteiger partial charge in [0.05, 0.1) is 6.10 Å². The second-order valence-corrected chi connectivity index (χ2v) is 2.84. The summed E-state index contributed by atoms with van der Waals surface area (Å²) in [6.07, 6.45) is 2.29. The monoisotopic (exact) mass is 144 g/mol. The van der Waals surface area contributed by atoms with Gasteiger partial charge in [-0.25, -0.2) is 0 Å². The number of aliphatic hydroxyl groups excluding tert-OH is 1. The van der Waals surface area contributed by atoms with Crippen LogP contribution in [0.25, 0.3) is 0 Å². The quantitative estimate of drug-likeness (QED) is 0.608. The van der Waals surface area contributed by atoms with Crippen molar-refractivity contribution in [2.75, 3.05) is 0 Å². The highest BCUT2D eigenvalue weighted by atomic mass is 16.4. The molecule has 3 heteroatoms. The van der Waals surface area contributed by atoms with Gasteiger partial charge < -0.3 is 10.2 Å². The molecule has 1 rings (SSSR count). The van der Waals surface area contributed by atoms with Gasteiger partial charge in [-0.2, -0.15) is 0 Å². The minimum atomic E-state index is -0.820. The summed E-state index contributed by atoms with van der Waals surface area (Å²) in [4.78, 5) is 10.0. The fourth-order valence-electron chi connectivity index (χ4n) is 0.988. The predicted octanol–water partition coefficient (Wildman–Crippen LogP) is 0.622. The van der Waals surface area contributed by atoms with Gasteiger partial charge in [0, 0.05) is 6.42 Å². The summed E-state index contributed by atoms with van der Waals surface area (Å²) in [5.41, 5.74) is 0. The molecular formula is C7H12O3. The standard InChI is InChI=1S/C7H12O3/c8-6(5-1-2-5)3-4-7(9)10/h5-6,8H,1-4H2,(H,9,10). The van der Waals surface area contributed by atoms with Crippen molar-refractivity contribution >= 4 is 5.97 Å².